The Morgan fingerprint density at radius 2 is 1.44 bits per heavy atom. The summed E-state index contributed by atoms with van der Waals surface area (Å²) in [4.78, 5) is 0. The minimum Gasteiger partial charge on any atom is -0.497 e. The van der Waals surface area contributed by atoms with Crippen molar-refractivity contribution >= 4 is 16.6 Å². The fraction of sp³-hybridized carbons (Fsp3) is 0.750. The molecule has 0 aromatic heterocycles. The molecule has 0 unspecified atom stereocenters. The van der Waals surface area contributed by atoms with E-state index in [0.29, 0.717) is 6.61 Å². The molecule has 1 saturated heterocycles. The first-order valence-electron chi connectivity index (χ1n) is 14.6. The van der Waals surface area contributed by atoms with Crippen LogP contribution in [0.2, 0.25) is 36.3 Å². The molecule has 1 aromatic carbocycles. The monoisotopic (exact) mass is 578 g/mol. The normalized spacial score (nSPS) is 22.4. The van der Waals surface area contributed by atoms with E-state index in [4.69, 9.17) is 23.1 Å². The lowest BCUT2D eigenvalue weighted by molar-refractivity contribution is -0.191. The molecule has 5 nitrogen and oxygen atoms in total. The van der Waals surface area contributed by atoms with Crippen LogP contribution in [0.5, 0.6) is 5.75 Å². The summed E-state index contributed by atoms with van der Waals surface area (Å²) in [6.07, 6.45) is 4.12. The summed E-state index contributed by atoms with van der Waals surface area (Å²) in [6.45, 7) is 32.0. The summed E-state index contributed by atoms with van der Waals surface area (Å²) < 4.78 is 32.4. The summed E-state index contributed by atoms with van der Waals surface area (Å²) in [5, 5.41) is 0.249. The van der Waals surface area contributed by atoms with E-state index < -0.39 is 16.6 Å². The van der Waals surface area contributed by atoms with Gasteiger partial charge in [0.15, 0.2) is 22.9 Å². The van der Waals surface area contributed by atoms with Crippen LogP contribution in [0.15, 0.2) is 36.9 Å². The van der Waals surface area contributed by atoms with Crippen LogP contribution in [0.25, 0.3) is 0 Å². The maximum absolute atomic E-state index is 6.97. The lowest BCUT2D eigenvalue weighted by Crippen LogP contribution is -2.52. The summed E-state index contributed by atoms with van der Waals surface area (Å²) in [7, 11) is -2.30. The second kappa shape index (κ2) is 12.9. The third-order valence-electron chi connectivity index (χ3n) is 9.27. The minimum atomic E-state index is -2.02. The van der Waals surface area contributed by atoms with Crippen LogP contribution in [-0.2, 0) is 24.9 Å². The lowest BCUT2D eigenvalue weighted by atomic mass is 9.82. The summed E-state index contributed by atoms with van der Waals surface area (Å²) >= 11 is 0. The van der Waals surface area contributed by atoms with Crippen LogP contribution in [0, 0.1) is 5.41 Å². The van der Waals surface area contributed by atoms with E-state index in [1.54, 1.807) is 7.11 Å². The van der Waals surface area contributed by atoms with Crippen molar-refractivity contribution in [3.63, 3.8) is 0 Å². The molecule has 0 spiro atoms. The van der Waals surface area contributed by atoms with Gasteiger partial charge in [-0.3, -0.25) is 0 Å². The number of hydrogen-bond acceptors (Lipinski definition) is 5. The molecule has 2 rings (SSSR count). The standard InChI is InChI=1S/C32H58O5Si2/c1-15-32(8,9)28(34-23-24-16-18-25(33-10)19-17-24)21-26-20-27(36-38(11,12)30(2,3)4)22-29(35-26)37-39(13,14)31(5,6)7/h15-19,26-29H,1,20-23H2,2-14H3/t26-,27-,28+,29-/m1/s1. The molecule has 0 N–H and O–H groups in total. The molecule has 4 atom stereocenters. The molecule has 0 saturated carbocycles. The Kier molecular flexibility index (Phi) is 11.3. The zero-order valence-corrected chi connectivity index (χ0v) is 29.3. The number of methoxy groups -OCH3 is 1. The molecule has 0 bridgehead atoms. The highest BCUT2D eigenvalue weighted by atomic mass is 28.4. The second-order valence-corrected chi connectivity index (χ2v) is 24.5. The average molecular weight is 579 g/mol. The molecule has 1 aliphatic heterocycles. The molecular formula is C32H58O5Si2. The molecule has 0 amide bonds. The molecule has 224 valence electrons. The predicted molar refractivity (Wildman–Crippen MR) is 168 cm³/mol. The molecular weight excluding hydrogens is 521 g/mol. The molecule has 0 aliphatic carbocycles. The highest BCUT2D eigenvalue weighted by molar-refractivity contribution is 6.74. The van der Waals surface area contributed by atoms with Gasteiger partial charge in [0.25, 0.3) is 0 Å². The zero-order valence-electron chi connectivity index (χ0n) is 27.3. The van der Waals surface area contributed by atoms with Gasteiger partial charge in [-0.05, 0) is 60.4 Å². The van der Waals surface area contributed by atoms with Crippen molar-refractivity contribution in [2.24, 2.45) is 5.41 Å². The number of hydrogen-bond donors (Lipinski definition) is 0. The average Bonchev–Trinajstić information content (AvgIpc) is 2.79. The van der Waals surface area contributed by atoms with Crippen LogP contribution in [0.1, 0.15) is 80.2 Å². The Morgan fingerprint density at radius 1 is 0.897 bits per heavy atom. The summed E-state index contributed by atoms with van der Waals surface area (Å²) in [6, 6.07) is 8.06. The van der Waals surface area contributed by atoms with Gasteiger partial charge < -0.3 is 23.1 Å². The summed E-state index contributed by atoms with van der Waals surface area (Å²) in [5.74, 6) is 0.845. The topological polar surface area (TPSA) is 46.2 Å². The molecule has 7 heteroatoms. The Hall–Kier alpha value is -0.966. The van der Waals surface area contributed by atoms with Gasteiger partial charge in [-0.15, -0.1) is 6.58 Å². The van der Waals surface area contributed by atoms with Crippen LogP contribution in [0.3, 0.4) is 0 Å². The van der Waals surface area contributed by atoms with Crippen molar-refractivity contribution < 1.29 is 23.1 Å². The Labute approximate surface area is 242 Å². The molecule has 0 radical (unpaired) electrons. The highest BCUT2D eigenvalue weighted by Gasteiger charge is 2.45. The molecule has 1 heterocycles. The van der Waals surface area contributed by atoms with Crippen molar-refractivity contribution in [1.29, 1.82) is 0 Å². The van der Waals surface area contributed by atoms with E-state index in [1.807, 2.05) is 18.2 Å². The quantitative estimate of drug-likeness (QED) is 0.183. The Bertz CT molecular complexity index is 876. The fourth-order valence-corrected chi connectivity index (χ4v) is 6.77. The first-order chi connectivity index (χ1) is 17.7. The number of ether oxygens (including phenoxy) is 3. The third kappa shape index (κ3) is 9.54. The van der Waals surface area contributed by atoms with E-state index in [0.717, 1.165) is 30.6 Å². The second-order valence-electron chi connectivity index (χ2n) is 14.9. The zero-order chi connectivity index (χ0) is 29.9. The largest absolute Gasteiger partial charge is 0.497 e. The highest BCUT2D eigenvalue weighted by Crippen LogP contribution is 2.43. The minimum absolute atomic E-state index is 0.0246. The maximum Gasteiger partial charge on any atom is 0.195 e. The number of benzene rings is 1. The SMILES string of the molecule is C=CC(C)(C)[C@H](C[C@H]1C[C@@H](O[Si](C)(C)C(C)(C)C)C[C@@H](O[Si](C)(C)C(C)(C)C)O1)OCc1ccc(OC)cc1. The molecule has 1 aliphatic rings. The van der Waals surface area contributed by atoms with Crippen LogP contribution in [-0.4, -0.2) is 48.3 Å². The van der Waals surface area contributed by atoms with Crippen molar-refractivity contribution in [1.82, 2.24) is 0 Å². The van der Waals surface area contributed by atoms with Crippen LogP contribution >= 0.6 is 0 Å². The van der Waals surface area contributed by atoms with Gasteiger partial charge in [0.05, 0.1) is 32.0 Å². The van der Waals surface area contributed by atoms with Gasteiger partial charge in [-0.25, -0.2) is 0 Å². The number of rotatable bonds is 12. The van der Waals surface area contributed by atoms with E-state index in [2.05, 4.69) is 100 Å². The van der Waals surface area contributed by atoms with Crippen molar-refractivity contribution in [3.05, 3.63) is 42.5 Å². The molecule has 1 aromatic rings. The van der Waals surface area contributed by atoms with E-state index >= 15 is 0 Å². The lowest BCUT2D eigenvalue weighted by Gasteiger charge is -2.47. The van der Waals surface area contributed by atoms with Gasteiger partial charge in [0.1, 0.15) is 5.75 Å². The maximum atomic E-state index is 6.97. The van der Waals surface area contributed by atoms with E-state index in [9.17, 15) is 0 Å². The Morgan fingerprint density at radius 3 is 1.92 bits per heavy atom. The van der Waals surface area contributed by atoms with Gasteiger partial charge in [0.2, 0.25) is 0 Å². The van der Waals surface area contributed by atoms with Gasteiger partial charge in [0, 0.05) is 18.3 Å². The fourth-order valence-electron chi connectivity index (χ4n) is 4.23. The molecule has 39 heavy (non-hydrogen) atoms. The van der Waals surface area contributed by atoms with E-state index in [1.165, 1.54) is 0 Å². The van der Waals surface area contributed by atoms with Crippen LogP contribution < -0.4 is 4.74 Å². The predicted octanol–water partition coefficient (Wildman–Crippen LogP) is 9.10. The van der Waals surface area contributed by atoms with Crippen molar-refractivity contribution in [3.8, 4) is 5.75 Å². The van der Waals surface area contributed by atoms with Crippen LogP contribution in [0.4, 0.5) is 0 Å². The van der Waals surface area contributed by atoms with Gasteiger partial charge >= 0.3 is 0 Å². The third-order valence-corrected chi connectivity index (χ3v) is 18.3. The first kappa shape index (κ1) is 34.2. The van der Waals surface area contributed by atoms with Crippen molar-refractivity contribution in [2.45, 2.75) is 142 Å². The smallest absolute Gasteiger partial charge is 0.195 e. The van der Waals surface area contributed by atoms with Gasteiger partial charge in [-0.2, -0.15) is 0 Å². The van der Waals surface area contributed by atoms with Crippen molar-refractivity contribution in [2.75, 3.05) is 7.11 Å². The van der Waals surface area contributed by atoms with Gasteiger partial charge in [-0.1, -0.05) is 73.6 Å². The Balaban J connectivity index is 2.27. The molecule has 1 fully saturated rings. The van der Waals surface area contributed by atoms with E-state index in [-0.39, 0.29) is 40.1 Å². The first-order valence-corrected chi connectivity index (χ1v) is 20.4. The summed E-state index contributed by atoms with van der Waals surface area (Å²) in [5.41, 5.74) is 0.891.